The lowest BCUT2D eigenvalue weighted by molar-refractivity contribution is 0.344. The first-order chi connectivity index (χ1) is 9.26. The number of aryl methyl sites for hydroxylation is 1. The molecule has 0 spiro atoms. The molecule has 1 aliphatic carbocycles. The highest BCUT2D eigenvalue weighted by atomic mass is 15.1. The molecule has 1 heterocycles. The normalized spacial score (nSPS) is 27.0. The molecule has 1 N–H and O–H groups in total. The summed E-state index contributed by atoms with van der Waals surface area (Å²) in [5, 5.41) is 3.70. The number of aromatic nitrogens is 2. The Morgan fingerprint density at radius 1 is 1.32 bits per heavy atom. The maximum absolute atomic E-state index is 4.56. The van der Waals surface area contributed by atoms with Gasteiger partial charge in [-0.25, -0.2) is 4.98 Å². The Kier molecular flexibility index (Phi) is 5.44. The van der Waals surface area contributed by atoms with Gasteiger partial charge in [0, 0.05) is 31.4 Å². The molecule has 108 valence electrons. The first kappa shape index (κ1) is 14.6. The van der Waals surface area contributed by atoms with Crippen LogP contribution in [0.4, 0.5) is 0 Å². The Morgan fingerprint density at radius 3 is 2.89 bits per heavy atom. The minimum atomic E-state index is 0.722. The lowest BCUT2D eigenvalue weighted by Gasteiger charge is -2.22. The van der Waals surface area contributed by atoms with Gasteiger partial charge < -0.3 is 9.88 Å². The molecule has 3 heteroatoms. The summed E-state index contributed by atoms with van der Waals surface area (Å²) in [6.07, 6.45) is 10.3. The SMILES string of the molecule is CCCNC1CCC(Cc2nccn2CCC)C1C. The van der Waals surface area contributed by atoms with Crippen molar-refractivity contribution in [3.63, 3.8) is 0 Å². The van der Waals surface area contributed by atoms with Crippen LogP contribution in [-0.2, 0) is 13.0 Å². The van der Waals surface area contributed by atoms with Crippen LogP contribution in [0.25, 0.3) is 0 Å². The number of nitrogens with one attached hydrogen (secondary N) is 1. The zero-order chi connectivity index (χ0) is 13.7. The van der Waals surface area contributed by atoms with E-state index in [0.29, 0.717) is 0 Å². The maximum Gasteiger partial charge on any atom is 0.108 e. The van der Waals surface area contributed by atoms with E-state index in [1.165, 1.54) is 31.5 Å². The standard InChI is InChI=1S/C16H29N3/c1-4-8-17-15-7-6-14(13(15)3)12-16-18-9-11-19(16)10-5-2/h9,11,13-15,17H,4-8,10,12H2,1-3H3. The van der Waals surface area contributed by atoms with Crippen LogP contribution in [0.3, 0.4) is 0 Å². The second-order valence-corrected chi connectivity index (χ2v) is 6.00. The van der Waals surface area contributed by atoms with Crippen LogP contribution in [0.5, 0.6) is 0 Å². The zero-order valence-corrected chi connectivity index (χ0v) is 12.7. The smallest absolute Gasteiger partial charge is 0.108 e. The van der Waals surface area contributed by atoms with Crippen LogP contribution >= 0.6 is 0 Å². The molecule has 0 aliphatic heterocycles. The summed E-state index contributed by atoms with van der Waals surface area (Å²) in [5.41, 5.74) is 0. The molecule has 2 rings (SSSR count). The van der Waals surface area contributed by atoms with Crippen molar-refractivity contribution in [2.75, 3.05) is 6.54 Å². The van der Waals surface area contributed by atoms with Gasteiger partial charge in [-0.05, 0) is 44.1 Å². The number of imidazole rings is 1. The first-order valence-corrected chi connectivity index (χ1v) is 7.99. The monoisotopic (exact) mass is 263 g/mol. The quantitative estimate of drug-likeness (QED) is 0.818. The van der Waals surface area contributed by atoms with Gasteiger partial charge in [0.1, 0.15) is 5.82 Å². The van der Waals surface area contributed by atoms with Crippen LogP contribution in [0.15, 0.2) is 12.4 Å². The number of rotatable bonds is 7. The summed E-state index contributed by atoms with van der Waals surface area (Å²) >= 11 is 0. The van der Waals surface area contributed by atoms with E-state index in [1.54, 1.807) is 0 Å². The molecular formula is C16H29N3. The highest BCUT2D eigenvalue weighted by Gasteiger charge is 2.32. The minimum absolute atomic E-state index is 0.722. The van der Waals surface area contributed by atoms with E-state index in [0.717, 1.165) is 37.4 Å². The molecular weight excluding hydrogens is 234 g/mol. The van der Waals surface area contributed by atoms with Crippen LogP contribution in [0, 0.1) is 11.8 Å². The van der Waals surface area contributed by atoms with Gasteiger partial charge in [0.15, 0.2) is 0 Å². The van der Waals surface area contributed by atoms with Crippen molar-refractivity contribution < 1.29 is 0 Å². The van der Waals surface area contributed by atoms with Gasteiger partial charge >= 0.3 is 0 Å². The Balaban J connectivity index is 1.91. The van der Waals surface area contributed by atoms with Crippen molar-refractivity contribution in [1.29, 1.82) is 0 Å². The van der Waals surface area contributed by atoms with Crippen molar-refractivity contribution in [3.05, 3.63) is 18.2 Å². The molecule has 0 saturated heterocycles. The van der Waals surface area contributed by atoms with Gasteiger partial charge in [-0.3, -0.25) is 0 Å². The molecule has 3 atom stereocenters. The van der Waals surface area contributed by atoms with Crippen LogP contribution in [0.2, 0.25) is 0 Å². The Bertz CT molecular complexity index is 372. The predicted octanol–water partition coefficient (Wildman–Crippen LogP) is 3.25. The zero-order valence-electron chi connectivity index (χ0n) is 12.7. The average molecular weight is 263 g/mol. The van der Waals surface area contributed by atoms with Crippen molar-refractivity contribution in [1.82, 2.24) is 14.9 Å². The third kappa shape index (κ3) is 3.59. The fraction of sp³-hybridized carbons (Fsp3) is 0.812. The van der Waals surface area contributed by atoms with Crippen LogP contribution in [0.1, 0.15) is 52.3 Å². The van der Waals surface area contributed by atoms with Crippen LogP contribution in [-0.4, -0.2) is 22.1 Å². The van der Waals surface area contributed by atoms with E-state index in [9.17, 15) is 0 Å². The van der Waals surface area contributed by atoms with E-state index >= 15 is 0 Å². The summed E-state index contributed by atoms with van der Waals surface area (Å²) < 4.78 is 2.33. The maximum atomic E-state index is 4.56. The summed E-state index contributed by atoms with van der Waals surface area (Å²) in [6, 6.07) is 0.722. The molecule has 19 heavy (non-hydrogen) atoms. The molecule has 0 amide bonds. The van der Waals surface area contributed by atoms with Gasteiger partial charge in [0.25, 0.3) is 0 Å². The van der Waals surface area contributed by atoms with Crippen molar-refractivity contribution in [2.24, 2.45) is 11.8 Å². The fourth-order valence-electron chi connectivity index (χ4n) is 3.36. The molecule has 0 bridgehead atoms. The van der Waals surface area contributed by atoms with E-state index in [4.69, 9.17) is 0 Å². The topological polar surface area (TPSA) is 29.9 Å². The molecule has 3 unspecified atom stereocenters. The highest BCUT2D eigenvalue weighted by molar-refractivity contribution is 4.98. The number of hydrogen-bond acceptors (Lipinski definition) is 2. The van der Waals surface area contributed by atoms with E-state index in [1.807, 2.05) is 6.20 Å². The fourth-order valence-corrected chi connectivity index (χ4v) is 3.36. The lowest BCUT2D eigenvalue weighted by Crippen LogP contribution is -2.33. The predicted molar refractivity (Wildman–Crippen MR) is 80.2 cm³/mol. The minimum Gasteiger partial charge on any atom is -0.335 e. The Hall–Kier alpha value is -0.830. The third-order valence-electron chi connectivity index (χ3n) is 4.59. The molecule has 1 aromatic heterocycles. The summed E-state index contributed by atoms with van der Waals surface area (Å²) in [4.78, 5) is 4.56. The third-order valence-corrected chi connectivity index (χ3v) is 4.59. The molecule has 0 aromatic carbocycles. The van der Waals surface area contributed by atoms with Crippen molar-refractivity contribution in [2.45, 2.75) is 65.5 Å². The number of nitrogens with zero attached hydrogens (tertiary/aromatic N) is 2. The van der Waals surface area contributed by atoms with Gasteiger partial charge in [-0.1, -0.05) is 20.8 Å². The van der Waals surface area contributed by atoms with Crippen LogP contribution < -0.4 is 5.32 Å². The number of hydrogen-bond donors (Lipinski definition) is 1. The molecule has 0 radical (unpaired) electrons. The highest BCUT2D eigenvalue weighted by Crippen LogP contribution is 2.34. The van der Waals surface area contributed by atoms with Crippen molar-refractivity contribution in [3.8, 4) is 0 Å². The summed E-state index contributed by atoms with van der Waals surface area (Å²) in [5.74, 6) is 2.86. The van der Waals surface area contributed by atoms with Crippen molar-refractivity contribution >= 4 is 0 Å². The average Bonchev–Trinajstić information content (AvgIpc) is 2.98. The molecule has 3 nitrogen and oxygen atoms in total. The van der Waals surface area contributed by atoms with E-state index < -0.39 is 0 Å². The molecule has 1 saturated carbocycles. The largest absolute Gasteiger partial charge is 0.335 e. The Labute approximate surface area is 117 Å². The Morgan fingerprint density at radius 2 is 2.16 bits per heavy atom. The summed E-state index contributed by atoms with van der Waals surface area (Å²) in [7, 11) is 0. The first-order valence-electron chi connectivity index (χ1n) is 7.99. The van der Waals surface area contributed by atoms with Gasteiger partial charge in [0.2, 0.25) is 0 Å². The van der Waals surface area contributed by atoms with Gasteiger partial charge in [-0.15, -0.1) is 0 Å². The molecule has 1 fully saturated rings. The second kappa shape index (κ2) is 7.09. The molecule has 1 aromatic rings. The lowest BCUT2D eigenvalue weighted by atomic mass is 9.92. The summed E-state index contributed by atoms with van der Waals surface area (Å²) in [6.45, 7) is 9.15. The van der Waals surface area contributed by atoms with E-state index in [2.05, 4.69) is 41.8 Å². The molecule has 1 aliphatic rings. The van der Waals surface area contributed by atoms with Gasteiger partial charge in [0.05, 0.1) is 0 Å². The van der Waals surface area contributed by atoms with E-state index in [-0.39, 0.29) is 0 Å². The van der Waals surface area contributed by atoms with Gasteiger partial charge in [-0.2, -0.15) is 0 Å². The second-order valence-electron chi connectivity index (χ2n) is 6.00.